The van der Waals surface area contributed by atoms with Gasteiger partial charge in [-0.3, -0.25) is 4.79 Å². The number of hydrogen-bond acceptors (Lipinski definition) is 2. The van der Waals surface area contributed by atoms with Crippen LogP contribution in [0, 0.1) is 0 Å². The molecule has 0 heterocycles. The number of rotatable bonds is 3. The maximum absolute atomic E-state index is 11.4. The van der Waals surface area contributed by atoms with Gasteiger partial charge in [0.1, 0.15) is 5.75 Å². The molecule has 0 fully saturated rings. The molecule has 0 aliphatic carbocycles. The second-order valence-electron chi connectivity index (χ2n) is 4.43. The molecule has 0 aliphatic rings. The summed E-state index contributed by atoms with van der Waals surface area (Å²) in [7, 11) is 0. The lowest BCUT2D eigenvalue weighted by Crippen LogP contribution is -2.00. The zero-order valence-corrected chi connectivity index (χ0v) is 10.6. The minimum atomic E-state index is -0.116. The van der Waals surface area contributed by atoms with Gasteiger partial charge in [0, 0.05) is 11.5 Å². The van der Waals surface area contributed by atoms with E-state index in [2.05, 4.69) is 0 Å². The molecule has 0 aliphatic heterocycles. The zero-order chi connectivity index (χ0) is 13.1. The highest BCUT2D eigenvalue weighted by Gasteiger charge is 2.16. The highest BCUT2D eigenvalue weighted by Crippen LogP contribution is 2.33. The number of hydrogen-bond donors (Lipinski definition) is 1. The van der Waals surface area contributed by atoms with Gasteiger partial charge >= 0.3 is 0 Å². The van der Waals surface area contributed by atoms with Crippen LogP contribution in [0.4, 0.5) is 0 Å². The molecule has 0 aromatic heterocycles. The molecule has 2 aromatic rings. The number of ketones is 1. The van der Waals surface area contributed by atoms with Crippen molar-refractivity contribution in [3.63, 3.8) is 0 Å². The van der Waals surface area contributed by atoms with Crippen LogP contribution in [-0.2, 0) is 0 Å². The Morgan fingerprint density at radius 2 is 1.72 bits per heavy atom. The van der Waals surface area contributed by atoms with Gasteiger partial charge in [0.15, 0.2) is 5.78 Å². The minimum Gasteiger partial charge on any atom is -0.507 e. The van der Waals surface area contributed by atoms with Crippen molar-refractivity contribution in [3.05, 3.63) is 65.2 Å². The van der Waals surface area contributed by atoms with E-state index in [-0.39, 0.29) is 17.5 Å². The van der Waals surface area contributed by atoms with Crippen molar-refractivity contribution >= 4 is 5.78 Å². The smallest absolute Gasteiger partial charge is 0.163 e. The summed E-state index contributed by atoms with van der Waals surface area (Å²) in [5.74, 6) is 0.0430. The van der Waals surface area contributed by atoms with Gasteiger partial charge in [-0.05, 0) is 18.6 Å². The SMILES string of the molecule is CC(=O)c1cccc(C(C)c2ccccc2)c1O. The summed E-state index contributed by atoms with van der Waals surface area (Å²) in [5, 5.41) is 10.2. The van der Waals surface area contributed by atoms with Gasteiger partial charge < -0.3 is 5.11 Å². The van der Waals surface area contributed by atoms with E-state index < -0.39 is 0 Å². The highest BCUT2D eigenvalue weighted by atomic mass is 16.3. The molecule has 0 spiro atoms. The minimum absolute atomic E-state index is 0.0606. The second-order valence-corrected chi connectivity index (χ2v) is 4.43. The summed E-state index contributed by atoms with van der Waals surface area (Å²) in [5.41, 5.74) is 2.29. The van der Waals surface area contributed by atoms with Crippen LogP contribution in [0.3, 0.4) is 0 Å². The summed E-state index contributed by atoms with van der Waals surface area (Å²) in [6.07, 6.45) is 0. The third-order valence-corrected chi connectivity index (χ3v) is 3.21. The summed E-state index contributed by atoms with van der Waals surface area (Å²) in [6, 6.07) is 15.3. The number of carbonyl (C=O) groups is 1. The van der Waals surface area contributed by atoms with Crippen molar-refractivity contribution < 1.29 is 9.90 Å². The summed E-state index contributed by atoms with van der Waals surface area (Å²) >= 11 is 0. The summed E-state index contributed by atoms with van der Waals surface area (Å²) in [6.45, 7) is 3.49. The van der Waals surface area contributed by atoms with Crippen molar-refractivity contribution in [1.29, 1.82) is 0 Å². The molecule has 92 valence electrons. The van der Waals surface area contributed by atoms with Crippen LogP contribution in [0.25, 0.3) is 0 Å². The van der Waals surface area contributed by atoms with E-state index in [1.807, 2.05) is 49.4 Å². The first-order valence-electron chi connectivity index (χ1n) is 5.99. The van der Waals surface area contributed by atoms with Gasteiger partial charge in [0.05, 0.1) is 5.56 Å². The van der Waals surface area contributed by atoms with Crippen LogP contribution in [0.15, 0.2) is 48.5 Å². The average Bonchev–Trinajstić information content (AvgIpc) is 2.39. The molecular weight excluding hydrogens is 224 g/mol. The van der Waals surface area contributed by atoms with Crippen molar-refractivity contribution in [2.45, 2.75) is 19.8 Å². The van der Waals surface area contributed by atoms with Gasteiger partial charge in [0.2, 0.25) is 0 Å². The fourth-order valence-electron chi connectivity index (χ4n) is 2.12. The van der Waals surface area contributed by atoms with Crippen LogP contribution in [0.2, 0.25) is 0 Å². The Labute approximate surface area is 107 Å². The van der Waals surface area contributed by atoms with E-state index in [0.29, 0.717) is 5.56 Å². The molecule has 0 amide bonds. The van der Waals surface area contributed by atoms with Crippen LogP contribution in [0.1, 0.15) is 41.3 Å². The summed E-state index contributed by atoms with van der Waals surface area (Å²) in [4.78, 5) is 11.4. The van der Waals surface area contributed by atoms with E-state index in [1.54, 1.807) is 6.07 Å². The fraction of sp³-hybridized carbons (Fsp3) is 0.188. The Balaban J connectivity index is 2.46. The lowest BCUT2D eigenvalue weighted by atomic mass is 9.90. The number of benzene rings is 2. The Bertz CT molecular complexity index is 559. The number of aromatic hydroxyl groups is 1. The molecule has 2 aromatic carbocycles. The van der Waals surface area contributed by atoms with E-state index in [1.165, 1.54) is 6.92 Å². The van der Waals surface area contributed by atoms with Gasteiger partial charge in [-0.1, -0.05) is 49.4 Å². The molecule has 0 radical (unpaired) electrons. The van der Waals surface area contributed by atoms with Crippen molar-refractivity contribution in [2.24, 2.45) is 0 Å². The number of para-hydroxylation sites is 1. The predicted octanol–water partition coefficient (Wildman–Crippen LogP) is 3.75. The lowest BCUT2D eigenvalue weighted by molar-refractivity contribution is 0.101. The predicted molar refractivity (Wildman–Crippen MR) is 72.1 cm³/mol. The molecule has 2 nitrogen and oxygen atoms in total. The lowest BCUT2D eigenvalue weighted by Gasteiger charge is -2.15. The normalized spacial score (nSPS) is 12.1. The maximum atomic E-state index is 11.4. The summed E-state index contributed by atoms with van der Waals surface area (Å²) < 4.78 is 0. The standard InChI is InChI=1S/C16H16O2/c1-11(13-7-4-3-5-8-13)14-9-6-10-15(12(2)17)16(14)18/h3-11,18H,1-2H3. The van der Waals surface area contributed by atoms with Crippen molar-refractivity contribution in [2.75, 3.05) is 0 Å². The molecule has 1 unspecified atom stereocenters. The third kappa shape index (κ3) is 2.28. The van der Waals surface area contributed by atoms with Crippen LogP contribution < -0.4 is 0 Å². The van der Waals surface area contributed by atoms with Crippen molar-refractivity contribution in [3.8, 4) is 5.75 Å². The number of phenolic OH excluding ortho intramolecular Hbond substituents is 1. The number of carbonyl (C=O) groups excluding carboxylic acids is 1. The van der Waals surface area contributed by atoms with Crippen LogP contribution in [0.5, 0.6) is 5.75 Å². The average molecular weight is 240 g/mol. The van der Waals surface area contributed by atoms with Gasteiger partial charge in [-0.2, -0.15) is 0 Å². The van der Waals surface area contributed by atoms with Gasteiger partial charge in [-0.15, -0.1) is 0 Å². The first kappa shape index (κ1) is 12.4. The first-order chi connectivity index (χ1) is 8.61. The largest absolute Gasteiger partial charge is 0.507 e. The van der Waals surface area contributed by atoms with Gasteiger partial charge in [0.25, 0.3) is 0 Å². The van der Waals surface area contributed by atoms with E-state index in [0.717, 1.165) is 11.1 Å². The molecule has 1 N–H and O–H groups in total. The molecule has 0 saturated carbocycles. The Morgan fingerprint density at radius 1 is 1.06 bits per heavy atom. The number of phenols is 1. The molecule has 0 saturated heterocycles. The molecule has 1 atom stereocenters. The van der Waals surface area contributed by atoms with Crippen LogP contribution >= 0.6 is 0 Å². The van der Waals surface area contributed by atoms with Crippen molar-refractivity contribution in [1.82, 2.24) is 0 Å². The highest BCUT2D eigenvalue weighted by molar-refractivity contribution is 5.97. The Morgan fingerprint density at radius 3 is 2.33 bits per heavy atom. The molecule has 2 heteroatoms. The molecule has 2 rings (SSSR count). The van der Waals surface area contributed by atoms with E-state index in [9.17, 15) is 9.90 Å². The Kier molecular flexibility index (Phi) is 3.47. The maximum Gasteiger partial charge on any atom is 0.163 e. The fourth-order valence-corrected chi connectivity index (χ4v) is 2.12. The zero-order valence-electron chi connectivity index (χ0n) is 10.6. The molecule has 18 heavy (non-hydrogen) atoms. The molecular formula is C16H16O2. The number of Topliss-reactive ketones (excluding diaryl/α,β-unsaturated/α-hetero) is 1. The van der Waals surface area contributed by atoms with E-state index in [4.69, 9.17) is 0 Å². The molecule has 0 bridgehead atoms. The Hall–Kier alpha value is -2.09. The topological polar surface area (TPSA) is 37.3 Å². The van der Waals surface area contributed by atoms with Crippen LogP contribution in [-0.4, -0.2) is 10.9 Å². The van der Waals surface area contributed by atoms with E-state index >= 15 is 0 Å². The third-order valence-electron chi connectivity index (χ3n) is 3.21. The first-order valence-corrected chi connectivity index (χ1v) is 5.99. The second kappa shape index (κ2) is 5.05. The quantitative estimate of drug-likeness (QED) is 0.830. The monoisotopic (exact) mass is 240 g/mol. The van der Waals surface area contributed by atoms with Gasteiger partial charge in [-0.25, -0.2) is 0 Å².